The Kier molecular flexibility index (Phi) is 9.93. The highest BCUT2D eigenvalue weighted by atomic mass is 15.1. The van der Waals surface area contributed by atoms with Crippen LogP contribution in [0.1, 0.15) is 61.3 Å². The Hall–Kier alpha value is -3.83. The molecule has 3 aromatic carbocycles. The Morgan fingerprint density at radius 3 is 2.49 bits per heavy atom. The monoisotopic (exact) mass is 540 g/mol. The van der Waals surface area contributed by atoms with E-state index in [9.17, 15) is 0 Å². The number of nitrogens with zero attached hydrogens (tertiary/aromatic N) is 3. The SMILES string of the molecule is [B]N(C/C=C/C(=C)N1CCCCC1)CCCc1ccc(/C(=C(/CC)c2ccccc2)c2ccc3[nH]ncc3c2)cc1. The van der Waals surface area contributed by atoms with Crippen LogP contribution in [0.15, 0.2) is 103 Å². The molecule has 1 aliphatic heterocycles. The van der Waals surface area contributed by atoms with Crippen molar-refractivity contribution in [2.45, 2.75) is 45.4 Å². The molecule has 1 fully saturated rings. The molecule has 208 valence electrons. The van der Waals surface area contributed by atoms with Gasteiger partial charge in [0.1, 0.15) is 0 Å². The molecule has 0 saturated carbocycles. The van der Waals surface area contributed by atoms with Crippen molar-refractivity contribution in [3.05, 3.63) is 126 Å². The third kappa shape index (κ3) is 7.48. The maximum absolute atomic E-state index is 6.29. The van der Waals surface area contributed by atoms with Crippen LogP contribution in [0.4, 0.5) is 0 Å². The molecular formula is C36H41BN4. The predicted octanol–water partition coefficient (Wildman–Crippen LogP) is 7.81. The van der Waals surface area contributed by atoms with Gasteiger partial charge in [0, 0.05) is 30.7 Å². The van der Waals surface area contributed by atoms with Crippen molar-refractivity contribution in [2.24, 2.45) is 0 Å². The summed E-state index contributed by atoms with van der Waals surface area (Å²) in [5, 5.41) is 8.43. The molecule has 0 aliphatic carbocycles. The smallest absolute Gasteiger partial charge is 0.182 e. The maximum Gasteiger partial charge on any atom is 0.182 e. The molecule has 2 radical (unpaired) electrons. The summed E-state index contributed by atoms with van der Waals surface area (Å²) in [4.78, 5) is 4.28. The van der Waals surface area contributed by atoms with Crippen LogP contribution in [0.3, 0.4) is 0 Å². The number of rotatable bonds is 12. The van der Waals surface area contributed by atoms with Gasteiger partial charge in [-0.3, -0.25) is 5.10 Å². The van der Waals surface area contributed by atoms with Crippen molar-refractivity contribution in [1.82, 2.24) is 19.9 Å². The highest BCUT2D eigenvalue weighted by Crippen LogP contribution is 2.35. The summed E-state index contributed by atoms with van der Waals surface area (Å²) < 4.78 is 0. The molecule has 1 aliphatic rings. The fourth-order valence-electron chi connectivity index (χ4n) is 5.80. The van der Waals surface area contributed by atoms with Gasteiger partial charge in [-0.05, 0) is 96.7 Å². The highest BCUT2D eigenvalue weighted by molar-refractivity contribution is 6.04. The Labute approximate surface area is 246 Å². The topological polar surface area (TPSA) is 35.2 Å². The summed E-state index contributed by atoms with van der Waals surface area (Å²) in [7, 11) is 6.29. The summed E-state index contributed by atoms with van der Waals surface area (Å²) in [5.41, 5.74) is 9.82. The lowest BCUT2D eigenvalue weighted by Gasteiger charge is -2.29. The first-order valence-corrected chi connectivity index (χ1v) is 15.0. The number of likely N-dealkylation sites (tertiary alicyclic amines) is 1. The normalized spacial score (nSPS) is 14.6. The summed E-state index contributed by atoms with van der Waals surface area (Å²) >= 11 is 0. The second-order valence-corrected chi connectivity index (χ2v) is 11.0. The van der Waals surface area contributed by atoms with Crippen molar-refractivity contribution in [2.75, 3.05) is 26.2 Å². The fraction of sp³-hybridized carbons (Fsp3) is 0.306. The lowest BCUT2D eigenvalue weighted by atomic mass is 9.87. The van der Waals surface area contributed by atoms with Crippen LogP contribution in [-0.2, 0) is 6.42 Å². The van der Waals surface area contributed by atoms with Gasteiger partial charge in [-0.2, -0.15) is 5.10 Å². The number of nitrogens with one attached hydrogen (secondary N) is 1. The summed E-state index contributed by atoms with van der Waals surface area (Å²) in [6, 6.07) is 26.4. The number of fused-ring (bicyclic) bond motifs is 1. The van der Waals surface area contributed by atoms with Crippen LogP contribution >= 0.6 is 0 Å². The van der Waals surface area contributed by atoms with Gasteiger partial charge in [-0.25, -0.2) is 0 Å². The molecule has 4 nitrogen and oxygen atoms in total. The number of aromatic amines is 1. The van der Waals surface area contributed by atoms with Crippen LogP contribution in [0.2, 0.25) is 0 Å². The molecule has 5 heteroatoms. The first-order chi connectivity index (χ1) is 20.1. The molecule has 1 aromatic heterocycles. The van der Waals surface area contributed by atoms with Crippen molar-refractivity contribution in [3.63, 3.8) is 0 Å². The van der Waals surface area contributed by atoms with Crippen LogP contribution in [-0.4, -0.2) is 54.1 Å². The lowest BCUT2D eigenvalue weighted by Crippen LogP contribution is -2.28. The van der Waals surface area contributed by atoms with Crippen LogP contribution in [0.25, 0.3) is 22.0 Å². The number of benzene rings is 3. The van der Waals surface area contributed by atoms with Crippen molar-refractivity contribution < 1.29 is 0 Å². The molecule has 0 spiro atoms. The van der Waals surface area contributed by atoms with E-state index in [4.69, 9.17) is 7.98 Å². The van der Waals surface area contributed by atoms with Crippen LogP contribution in [0, 0.1) is 0 Å². The van der Waals surface area contributed by atoms with Gasteiger partial charge in [0.05, 0.1) is 11.7 Å². The minimum Gasteiger partial charge on any atom is -0.372 e. The Balaban J connectivity index is 1.25. The van der Waals surface area contributed by atoms with E-state index in [1.165, 1.54) is 52.7 Å². The second-order valence-electron chi connectivity index (χ2n) is 11.0. The average Bonchev–Trinajstić information content (AvgIpc) is 3.49. The average molecular weight is 541 g/mol. The molecule has 0 unspecified atom stereocenters. The number of H-pyrrole nitrogens is 1. The van der Waals surface area contributed by atoms with E-state index in [2.05, 4.69) is 114 Å². The number of aryl methyl sites for hydroxylation is 1. The van der Waals surface area contributed by atoms with Gasteiger partial charge in [0.2, 0.25) is 0 Å². The number of allylic oxidation sites excluding steroid dienone is 2. The van der Waals surface area contributed by atoms with Gasteiger partial charge in [-0.1, -0.05) is 80.2 Å². The van der Waals surface area contributed by atoms with Gasteiger partial charge in [-0.15, -0.1) is 0 Å². The largest absolute Gasteiger partial charge is 0.372 e. The molecule has 2 heterocycles. The van der Waals surface area contributed by atoms with Gasteiger partial charge < -0.3 is 9.71 Å². The van der Waals surface area contributed by atoms with Crippen LogP contribution in [0.5, 0.6) is 0 Å². The van der Waals surface area contributed by atoms with Gasteiger partial charge in [0.15, 0.2) is 7.98 Å². The molecule has 0 bridgehead atoms. The summed E-state index contributed by atoms with van der Waals surface area (Å²) in [6.07, 6.45) is 13.0. The first kappa shape index (κ1) is 28.7. The minimum atomic E-state index is 0.736. The summed E-state index contributed by atoms with van der Waals surface area (Å²) in [5.74, 6) is 0. The van der Waals surface area contributed by atoms with Crippen molar-refractivity contribution in [1.29, 1.82) is 0 Å². The Morgan fingerprint density at radius 2 is 1.73 bits per heavy atom. The fourth-order valence-corrected chi connectivity index (χ4v) is 5.80. The molecule has 5 rings (SSSR count). The number of hydrogen-bond donors (Lipinski definition) is 1. The number of piperidine rings is 1. The maximum atomic E-state index is 6.29. The lowest BCUT2D eigenvalue weighted by molar-refractivity contribution is 0.294. The first-order valence-electron chi connectivity index (χ1n) is 15.0. The molecular weight excluding hydrogens is 499 g/mol. The van der Waals surface area contributed by atoms with Gasteiger partial charge in [0.25, 0.3) is 0 Å². The Morgan fingerprint density at radius 1 is 0.976 bits per heavy atom. The van der Waals surface area contributed by atoms with E-state index in [1.807, 2.05) is 11.0 Å². The molecule has 1 N–H and O–H groups in total. The van der Waals surface area contributed by atoms with E-state index < -0.39 is 0 Å². The third-order valence-corrected chi connectivity index (χ3v) is 8.07. The van der Waals surface area contributed by atoms with Crippen LogP contribution < -0.4 is 0 Å². The second kappa shape index (κ2) is 14.2. The zero-order chi connectivity index (χ0) is 28.4. The zero-order valence-corrected chi connectivity index (χ0v) is 24.4. The molecule has 41 heavy (non-hydrogen) atoms. The van der Waals surface area contributed by atoms with Crippen molar-refractivity contribution in [3.8, 4) is 0 Å². The quantitative estimate of drug-likeness (QED) is 0.113. The highest BCUT2D eigenvalue weighted by Gasteiger charge is 2.14. The van der Waals surface area contributed by atoms with E-state index in [1.54, 1.807) is 0 Å². The Bertz CT molecular complexity index is 1480. The minimum absolute atomic E-state index is 0.736. The summed E-state index contributed by atoms with van der Waals surface area (Å²) in [6.45, 7) is 10.3. The van der Waals surface area contributed by atoms with E-state index in [-0.39, 0.29) is 0 Å². The van der Waals surface area contributed by atoms with Crippen molar-refractivity contribution >= 4 is 30.0 Å². The number of aromatic nitrogens is 2. The predicted molar refractivity (Wildman–Crippen MR) is 175 cm³/mol. The van der Waals surface area contributed by atoms with E-state index >= 15 is 0 Å². The zero-order valence-electron chi connectivity index (χ0n) is 24.4. The standard InChI is InChI=1S/C36H41BN4/c1-3-34(30-14-6-4-7-15-30)36(32-20-21-35-33(26-32)27-38-39-35)31-18-16-29(17-19-31)13-11-25-41(37)24-10-12-28(2)40-22-8-5-9-23-40/h4,6-7,10,12,14-21,26-27H,2-3,5,8-9,11,13,22-25H2,1H3,(H,38,39)/b12-10+,36-34+. The third-order valence-electron chi connectivity index (χ3n) is 8.07. The van der Waals surface area contributed by atoms with Gasteiger partial charge >= 0.3 is 0 Å². The molecule has 0 atom stereocenters. The van der Waals surface area contributed by atoms with E-state index in [0.29, 0.717) is 0 Å². The molecule has 1 saturated heterocycles. The molecule has 0 amide bonds. The molecule has 4 aromatic rings. The van der Waals surface area contributed by atoms with E-state index in [0.717, 1.165) is 62.0 Å². The number of hydrogen-bond acceptors (Lipinski definition) is 3.